The molecule has 61 heavy (non-hydrogen) atoms. The number of hydrogen-bond donors (Lipinski definition) is 0. The molecule has 4 heteroatoms. The highest BCUT2D eigenvalue weighted by Gasteiger charge is 2.37. The lowest BCUT2D eigenvalue weighted by molar-refractivity contribution is 0.632. The Labute approximate surface area is 354 Å². The van der Waals surface area contributed by atoms with Crippen molar-refractivity contribution in [3.8, 4) is 39.5 Å². The first-order valence-electron chi connectivity index (χ1n) is 21.0. The number of nitrogens with zero attached hydrogens (tertiary/aromatic N) is 4. The minimum Gasteiger partial charge on any atom is -0.310 e. The number of fused-ring (bicyclic) bond motifs is 8. The molecule has 1 aliphatic rings. The van der Waals surface area contributed by atoms with Gasteiger partial charge in [-0.3, -0.25) is 0 Å². The number of rotatable bonds is 5. The molecular formula is C57H40N4. The molecule has 1 aliphatic heterocycles. The Morgan fingerprint density at radius 3 is 1.95 bits per heavy atom. The van der Waals surface area contributed by atoms with Crippen LogP contribution in [-0.4, -0.2) is 14.5 Å². The molecular weight excluding hydrogens is 741 g/mol. The van der Waals surface area contributed by atoms with Crippen LogP contribution in [0.1, 0.15) is 25.0 Å². The second kappa shape index (κ2) is 13.6. The summed E-state index contributed by atoms with van der Waals surface area (Å²) in [6.07, 6.45) is 0. The molecule has 3 heterocycles. The fourth-order valence-electron chi connectivity index (χ4n) is 9.79. The summed E-state index contributed by atoms with van der Waals surface area (Å²) in [7, 11) is 0. The molecule has 0 atom stereocenters. The first kappa shape index (κ1) is 35.2. The molecule has 0 unspecified atom stereocenters. The minimum atomic E-state index is -0.212. The van der Waals surface area contributed by atoms with Crippen molar-refractivity contribution >= 4 is 60.5 Å². The van der Waals surface area contributed by atoms with Gasteiger partial charge in [-0.1, -0.05) is 159 Å². The van der Waals surface area contributed by atoms with Crippen LogP contribution >= 0.6 is 0 Å². The summed E-state index contributed by atoms with van der Waals surface area (Å²) in [6.45, 7) is 4.72. The van der Waals surface area contributed by atoms with Crippen LogP contribution in [0.5, 0.6) is 0 Å². The lowest BCUT2D eigenvalue weighted by atomic mass is 9.73. The Hall–Kier alpha value is -7.82. The van der Waals surface area contributed by atoms with E-state index in [1.165, 1.54) is 55.2 Å². The van der Waals surface area contributed by atoms with E-state index in [2.05, 4.69) is 217 Å². The predicted octanol–water partition coefficient (Wildman–Crippen LogP) is 15.0. The van der Waals surface area contributed by atoms with Crippen LogP contribution in [0, 0.1) is 0 Å². The largest absolute Gasteiger partial charge is 0.310 e. The van der Waals surface area contributed by atoms with Crippen molar-refractivity contribution in [2.45, 2.75) is 19.3 Å². The number of para-hydroxylation sites is 3. The van der Waals surface area contributed by atoms with Gasteiger partial charge in [0.05, 0.1) is 33.6 Å². The van der Waals surface area contributed by atoms with Gasteiger partial charge in [-0.05, 0) is 93.7 Å². The van der Waals surface area contributed by atoms with Crippen molar-refractivity contribution in [2.24, 2.45) is 0 Å². The molecule has 2 aromatic heterocycles. The van der Waals surface area contributed by atoms with Crippen molar-refractivity contribution in [1.29, 1.82) is 0 Å². The van der Waals surface area contributed by atoms with Crippen molar-refractivity contribution < 1.29 is 0 Å². The van der Waals surface area contributed by atoms with Crippen molar-refractivity contribution in [2.75, 3.05) is 4.90 Å². The van der Waals surface area contributed by atoms with Gasteiger partial charge in [0.15, 0.2) is 5.82 Å². The van der Waals surface area contributed by atoms with Gasteiger partial charge in [-0.25, -0.2) is 9.97 Å². The summed E-state index contributed by atoms with van der Waals surface area (Å²) in [5, 5.41) is 5.98. The summed E-state index contributed by atoms with van der Waals surface area (Å²) >= 11 is 0. The van der Waals surface area contributed by atoms with E-state index in [-0.39, 0.29) is 5.41 Å². The third-order valence-electron chi connectivity index (χ3n) is 12.7. The lowest BCUT2D eigenvalue weighted by Crippen LogP contribution is -2.30. The van der Waals surface area contributed by atoms with Gasteiger partial charge in [-0.2, -0.15) is 0 Å². The molecule has 12 rings (SSSR count). The van der Waals surface area contributed by atoms with E-state index in [9.17, 15) is 0 Å². The van der Waals surface area contributed by atoms with E-state index in [0.29, 0.717) is 5.82 Å². The third kappa shape index (κ3) is 5.53. The van der Waals surface area contributed by atoms with E-state index in [1.54, 1.807) is 0 Å². The average molecular weight is 781 g/mol. The Bertz CT molecular complexity index is 3510. The molecule has 0 spiro atoms. The van der Waals surface area contributed by atoms with Crippen LogP contribution in [0.25, 0.3) is 82.9 Å². The van der Waals surface area contributed by atoms with Gasteiger partial charge in [0, 0.05) is 44.1 Å². The van der Waals surface area contributed by atoms with E-state index in [1.807, 2.05) is 12.1 Å². The monoisotopic (exact) mass is 780 g/mol. The van der Waals surface area contributed by atoms with Crippen LogP contribution in [0.2, 0.25) is 0 Å². The Morgan fingerprint density at radius 1 is 0.410 bits per heavy atom. The van der Waals surface area contributed by atoms with Gasteiger partial charge < -0.3 is 9.47 Å². The molecule has 0 aliphatic carbocycles. The number of hydrogen-bond acceptors (Lipinski definition) is 3. The normalized spacial score (nSPS) is 13.2. The van der Waals surface area contributed by atoms with Crippen LogP contribution in [0.4, 0.5) is 17.1 Å². The number of aromatic nitrogens is 3. The van der Waals surface area contributed by atoms with Gasteiger partial charge in [0.2, 0.25) is 0 Å². The van der Waals surface area contributed by atoms with Crippen molar-refractivity contribution in [3.05, 3.63) is 217 Å². The van der Waals surface area contributed by atoms with Crippen LogP contribution in [-0.2, 0) is 5.41 Å². The van der Waals surface area contributed by atoms with Crippen LogP contribution in [0.3, 0.4) is 0 Å². The minimum absolute atomic E-state index is 0.212. The summed E-state index contributed by atoms with van der Waals surface area (Å²) < 4.78 is 2.43. The smallest absolute Gasteiger partial charge is 0.160 e. The molecule has 0 saturated heterocycles. The van der Waals surface area contributed by atoms with Gasteiger partial charge >= 0.3 is 0 Å². The van der Waals surface area contributed by atoms with E-state index < -0.39 is 0 Å². The zero-order valence-electron chi connectivity index (χ0n) is 33.9. The van der Waals surface area contributed by atoms with E-state index in [0.717, 1.165) is 50.1 Å². The highest BCUT2D eigenvalue weighted by molar-refractivity contribution is 6.21. The molecule has 0 radical (unpaired) electrons. The predicted molar refractivity (Wildman–Crippen MR) is 255 cm³/mol. The molecule has 11 aromatic rings. The summed E-state index contributed by atoms with van der Waals surface area (Å²) in [6, 6.07) is 74.3. The van der Waals surface area contributed by atoms with Gasteiger partial charge in [-0.15, -0.1) is 0 Å². The van der Waals surface area contributed by atoms with Crippen LogP contribution < -0.4 is 4.90 Å². The molecule has 0 bridgehead atoms. The molecule has 0 saturated carbocycles. The fourth-order valence-corrected chi connectivity index (χ4v) is 9.79. The van der Waals surface area contributed by atoms with Crippen molar-refractivity contribution in [1.82, 2.24) is 14.5 Å². The quantitative estimate of drug-likeness (QED) is 0.174. The summed E-state index contributed by atoms with van der Waals surface area (Å²) in [5.74, 6) is 0.703. The molecule has 9 aromatic carbocycles. The SMILES string of the molecule is CC1(C)c2ccccc2N(c2ccccc2)c2ccc(-c3ccc4c5c6ccccc6ccc5n(-c5cccc(-c6nc(-c7ccccc7)c7ccccc7n6)c5)c4c3)cc21. The number of benzene rings is 9. The van der Waals surface area contributed by atoms with E-state index >= 15 is 0 Å². The van der Waals surface area contributed by atoms with Crippen molar-refractivity contribution in [3.63, 3.8) is 0 Å². The first-order valence-corrected chi connectivity index (χ1v) is 21.0. The second-order valence-electron chi connectivity index (χ2n) is 16.6. The first-order chi connectivity index (χ1) is 30.0. The fraction of sp³-hybridized carbons (Fsp3) is 0.0526. The second-order valence-corrected chi connectivity index (χ2v) is 16.6. The zero-order chi connectivity index (χ0) is 40.7. The maximum atomic E-state index is 5.24. The summed E-state index contributed by atoms with van der Waals surface area (Å²) in [5.41, 5.74) is 15.6. The van der Waals surface area contributed by atoms with Gasteiger partial charge in [0.1, 0.15) is 0 Å². The Kier molecular flexibility index (Phi) is 7.85. The Morgan fingerprint density at radius 2 is 1.08 bits per heavy atom. The maximum absolute atomic E-state index is 5.24. The topological polar surface area (TPSA) is 34.0 Å². The molecule has 288 valence electrons. The molecule has 0 N–H and O–H groups in total. The standard InChI is InChI=1S/C57H40N4/c1-57(2)47-25-12-14-27-50(47)60(42-20-7-4-8-21-42)51-32-30-39(35-48(51)57)40-28-31-46-53(36-40)61(52-33-29-37-16-9-10-23-44(37)54(46)52)43-22-15-19-41(34-43)56-58-49-26-13-11-24-45(49)55(59-56)38-17-5-3-6-18-38/h3-36H,1-2H3. The molecule has 0 amide bonds. The third-order valence-corrected chi connectivity index (χ3v) is 12.7. The van der Waals surface area contributed by atoms with E-state index in [4.69, 9.17) is 9.97 Å². The highest BCUT2D eigenvalue weighted by atomic mass is 15.2. The Balaban J connectivity index is 1.06. The number of anilines is 3. The molecule has 4 nitrogen and oxygen atoms in total. The summed E-state index contributed by atoms with van der Waals surface area (Å²) in [4.78, 5) is 12.8. The lowest BCUT2D eigenvalue weighted by Gasteiger charge is -2.42. The highest BCUT2D eigenvalue weighted by Crippen LogP contribution is 2.52. The van der Waals surface area contributed by atoms with Crippen LogP contribution in [0.15, 0.2) is 206 Å². The van der Waals surface area contributed by atoms with Gasteiger partial charge in [0.25, 0.3) is 0 Å². The zero-order valence-corrected chi connectivity index (χ0v) is 33.9. The average Bonchev–Trinajstić information content (AvgIpc) is 3.66. The maximum Gasteiger partial charge on any atom is 0.160 e. The molecule has 0 fully saturated rings.